The fourth-order valence-corrected chi connectivity index (χ4v) is 5.26. The second-order valence-electron chi connectivity index (χ2n) is 6.99. The summed E-state index contributed by atoms with van der Waals surface area (Å²) in [5.74, 6) is 0.233. The lowest BCUT2D eigenvalue weighted by molar-refractivity contribution is -0.119. The lowest BCUT2D eigenvalue weighted by Gasteiger charge is -2.24. The van der Waals surface area contributed by atoms with Crippen molar-refractivity contribution in [2.24, 2.45) is 0 Å². The standard InChI is InChI=1S/C20H21N3O6S/c1-28-14-5-2-4-13(10-14)21-20(25)17-6-3-9-23(17)30(26,27)15-7-8-18-16(11-15)22-19(24)12-29-18/h2,4-5,7-8,10-11,17H,3,6,9,12H2,1H3,(H,21,25)(H,22,24). The van der Waals surface area contributed by atoms with Gasteiger partial charge in [-0.3, -0.25) is 9.59 Å². The van der Waals surface area contributed by atoms with Crippen molar-refractivity contribution in [1.82, 2.24) is 4.31 Å². The molecule has 30 heavy (non-hydrogen) atoms. The number of carbonyl (C=O) groups is 2. The van der Waals surface area contributed by atoms with Crippen LogP contribution in [0.25, 0.3) is 0 Å². The Kier molecular flexibility index (Phi) is 5.35. The van der Waals surface area contributed by atoms with E-state index in [0.717, 1.165) is 0 Å². The van der Waals surface area contributed by atoms with Gasteiger partial charge < -0.3 is 20.1 Å². The molecule has 2 aliphatic heterocycles. The van der Waals surface area contributed by atoms with Crippen LogP contribution in [0.1, 0.15) is 12.8 Å². The number of anilines is 2. The average molecular weight is 431 g/mol. The van der Waals surface area contributed by atoms with Crippen molar-refractivity contribution in [2.75, 3.05) is 30.9 Å². The van der Waals surface area contributed by atoms with Crippen LogP contribution in [0.3, 0.4) is 0 Å². The summed E-state index contributed by atoms with van der Waals surface area (Å²) in [6, 6.07) is 10.3. The van der Waals surface area contributed by atoms with Gasteiger partial charge in [-0.1, -0.05) is 6.07 Å². The number of rotatable bonds is 5. The van der Waals surface area contributed by atoms with Crippen LogP contribution in [-0.4, -0.2) is 50.8 Å². The number of nitrogens with one attached hydrogen (secondary N) is 2. The average Bonchev–Trinajstić information content (AvgIpc) is 3.24. The van der Waals surface area contributed by atoms with Gasteiger partial charge >= 0.3 is 0 Å². The van der Waals surface area contributed by atoms with E-state index < -0.39 is 22.0 Å². The van der Waals surface area contributed by atoms with Crippen LogP contribution in [0.15, 0.2) is 47.4 Å². The molecule has 2 heterocycles. The number of fused-ring (bicyclic) bond motifs is 1. The van der Waals surface area contributed by atoms with Crippen LogP contribution >= 0.6 is 0 Å². The number of hydrogen-bond donors (Lipinski definition) is 2. The predicted octanol–water partition coefficient (Wildman–Crippen LogP) is 1.82. The lowest BCUT2D eigenvalue weighted by atomic mass is 10.2. The number of methoxy groups -OCH3 is 1. The largest absolute Gasteiger partial charge is 0.497 e. The zero-order valence-electron chi connectivity index (χ0n) is 16.3. The monoisotopic (exact) mass is 431 g/mol. The number of carbonyl (C=O) groups excluding carboxylic acids is 2. The molecule has 0 bridgehead atoms. The van der Waals surface area contributed by atoms with E-state index >= 15 is 0 Å². The molecule has 2 N–H and O–H groups in total. The minimum Gasteiger partial charge on any atom is -0.497 e. The zero-order valence-corrected chi connectivity index (χ0v) is 17.1. The van der Waals surface area contributed by atoms with Crippen molar-refractivity contribution in [2.45, 2.75) is 23.8 Å². The van der Waals surface area contributed by atoms with Gasteiger partial charge in [-0.2, -0.15) is 4.31 Å². The Morgan fingerprint density at radius 2 is 2.10 bits per heavy atom. The first-order valence-electron chi connectivity index (χ1n) is 9.42. The van der Waals surface area contributed by atoms with Gasteiger partial charge in [-0.25, -0.2) is 8.42 Å². The molecule has 158 valence electrons. The number of benzene rings is 2. The lowest BCUT2D eigenvalue weighted by Crippen LogP contribution is -2.43. The van der Waals surface area contributed by atoms with Crippen molar-refractivity contribution in [3.05, 3.63) is 42.5 Å². The summed E-state index contributed by atoms with van der Waals surface area (Å²) >= 11 is 0. The number of sulfonamides is 1. The maximum atomic E-state index is 13.2. The Balaban J connectivity index is 1.57. The van der Waals surface area contributed by atoms with E-state index in [4.69, 9.17) is 9.47 Å². The van der Waals surface area contributed by atoms with Crippen LogP contribution in [0, 0.1) is 0 Å². The van der Waals surface area contributed by atoms with E-state index in [-0.39, 0.29) is 24.0 Å². The Hall–Kier alpha value is -3.11. The van der Waals surface area contributed by atoms with Crippen molar-refractivity contribution in [3.8, 4) is 11.5 Å². The summed E-state index contributed by atoms with van der Waals surface area (Å²) in [6.07, 6.45) is 0.986. The molecule has 2 aromatic rings. The summed E-state index contributed by atoms with van der Waals surface area (Å²) in [5.41, 5.74) is 0.821. The summed E-state index contributed by atoms with van der Waals surface area (Å²) in [6.45, 7) is 0.121. The minimum absolute atomic E-state index is 0.00636. The molecule has 2 aliphatic rings. The fourth-order valence-electron chi connectivity index (χ4n) is 3.57. The van der Waals surface area contributed by atoms with E-state index in [1.54, 1.807) is 24.3 Å². The molecule has 0 spiro atoms. The first-order chi connectivity index (χ1) is 14.4. The van der Waals surface area contributed by atoms with Gasteiger partial charge in [0.2, 0.25) is 15.9 Å². The van der Waals surface area contributed by atoms with E-state index in [2.05, 4.69) is 10.6 Å². The smallest absolute Gasteiger partial charge is 0.262 e. The van der Waals surface area contributed by atoms with Crippen molar-refractivity contribution in [3.63, 3.8) is 0 Å². The van der Waals surface area contributed by atoms with Gasteiger partial charge in [0.25, 0.3) is 5.91 Å². The maximum Gasteiger partial charge on any atom is 0.262 e. The Bertz CT molecular complexity index is 1100. The Labute approximate surface area is 174 Å². The van der Waals surface area contributed by atoms with E-state index in [1.807, 2.05) is 0 Å². The highest BCUT2D eigenvalue weighted by molar-refractivity contribution is 7.89. The van der Waals surface area contributed by atoms with Crippen LogP contribution < -0.4 is 20.1 Å². The zero-order chi connectivity index (χ0) is 21.3. The normalized spacial score (nSPS) is 18.8. The molecule has 0 aliphatic carbocycles. The van der Waals surface area contributed by atoms with Crippen molar-refractivity contribution >= 4 is 33.2 Å². The van der Waals surface area contributed by atoms with Gasteiger partial charge in [-0.15, -0.1) is 0 Å². The SMILES string of the molecule is COc1cccc(NC(=O)C2CCCN2S(=O)(=O)c2ccc3c(c2)NC(=O)CO3)c1. The number of hydrogen-bond acceptors (Lipinski definition) is 6. The third kappa shape index (κ3) is 3.83. The molecule has 1 saturated heterocycles. The van der Waals surface area contributed by atoms with E-state index in [0.29, 0.717) is 35.7 Å². The molecule has 9 nitrogen and oxygen atoms in total. The van der Waals surface area contributed by atoms with Gasteiger partial charge in [0.05, 0.1) is 17.7 Å². The second kappa shape index (κ2) is 7.96. The summed E-state index contributed by atoms with van der Waals surface area (Å²) in [7, 11) is -2.42. The molecule has 4 rings (SSSR count). The molecule has 1 fully saturated rings. The van der Waals surface area contributed by atoms with E-state index in [1.165, 1.54) is 29.6 Å². The van der Waals surface area contributed by atoms with Crippen LogP contribution in [0.5, 0.6) is 11.5 Å². The molecule has 0 radical (unpaired) electrons. The molecule has 2 amide bonds. The summed E-state index contributed by atoms with van der Waals surface area (Å²) in [5, 5.41) is 5.37. The molecule has 0 aromatic heterocycles. The highest BCUT2D eigenvalue weighted by Crippen LogP contribution is 2.33. The van der Waals surface area contributed by atoms with E-state index in [9.17, 15) is 18.0 Å². The first-order valence-corrected chi connectivity index (χ1v) is 10.9. The molecule has 1 atom stereocenters. The predicted molar refractivity (Wildman–Crippen MR) is 109 cm³/mol. The maximum absolute atomic E-state index is 13.2. The number of nitrogens with zero attached hydrogens (tertiary/aromatic N) is 1. The highest BCUT2D eigenvalue weighted by Gasteiger charge is 2.40. The van der Waals surface area contributed by atoms with Gasteiger partial charge in [0.1, 0.15) is 17.5 Å². The topological polar surface area (TPSA) is 114 Å². The third-order valence-electron chi connectivity index (χ3n) is 5.03. The van der Waals surface area contributed by atoms with Crippen molar-refractivity contribution < 1.29 is 27.5 Å². The summed E-state index contributed by atoms with van der Waals surface area (Å²) < 4.78 is 38.1. The third-order valence-corrected chi connectivity index (χ3v) is 6.94. The molecule has 2 aromatic carbocycles. The molecule has 0 saturated carbocycles. The summed E-state index contributed by atoms with van der Waals surface area (Å²) in [4.78, 5) is 24.4. The van der Waals surface area contributed by atoms with Gasteiger partial charge in [0, 0.05) is 18.3 Å². The number of amides is 2. The highest BCUT2D eigenvalue weighted by atomic mass is 32.2. The van der Waals surface area contributed by atoms with Gasteiger partial charge in [-0.05, 0) is 43.2 Å². The second-order valence-corrected chi connectivity index (χ2v) is 8.88. The first kappa shape index (κ1) is 20.2. The quantitative estimate of drug-likeness (QED) is 0.747. The molecule has 10 heteroatoms. The van der Waals surface area contributed by atoms with Crippen LogP contribution in [-0.2, 0) is 19.6 Å². The Morgan fingerprint density at radius 3 is 2.90 bits per heavy atom. The minimum atomic E-state index is -3.95. The fraction of sp³-hybridized carbons (Fsp3) is 0.300. The number of ether oxygens (including phenoxy) is 2. The van der Waals surface area contributed by atoms with Gasteiger partial charge in [0.15, 0.2) is 6.61 Å². The molecular formula is C20H21N3O6S. The Morgan fingerprint density at radius 1 is 1.27 bits per heavy atom. The molecule has 1 unspecified atom stereocenters. The van der Waals surface area contributed by atoms with Crippen LogP contribution in [0.4, 0.5) is 11.4 Å². The van der Waals surface area contributed by atoms with Crippen LogP contribution in [0.2, 0.25) is 0 Å². The molecular weight excluding hydrogens is 410 g/mol. The van der Waals surface area contributed by atoms with Crippen molar-refractivity contribution in [1.29, 1.82) is 0 Å².